The molecule has 1 saturated carbocycles. The smallest absolute Gasteiger partial charge is 0.311 e. The molecule has 0 aliphatic heterocycles. The first-order valence-corrected chi connectivity index (χ1v) is 7.68. The van der Waals surface area contributed by atoms with E-state index in [1.54, 1.807) is 24.3 Å². The first-order chi connectivity index (χ1) is 10.0. The minimum Gasteiger partial charge on any atom is -0.481 e. The largest absolute Gasteiger partial charge is 0.481 e. The molecule has 1 aliphatic carbocycles. The second kappa shape index (κ2) is 6.94. The Kier molecular flexibility index (Phi) is 5.23. The quantitative estimate of drug-likeness (QED) is 0.837. The van der Waals surface area contributed by atoms with E-state index < -0.39 is 11.4 Å². The van der Waals surface area contributed by atoms with E-state index in [1.807, 2.05) is 0 Å². The fourth-order valence-corrected chi connectivity index (χ4v) is 2.95. The number of hydrogen-bond donors (Lipinski definition) is 2. The number of amides is 1. The number of carbonyl (C=O) groups is 2. The molecule has 0 heterocycles. The zero-order chi connectivity index (χ0) is 15.3. The molecule has 0 atom stereocenters. The van der Waals surface area contributed by atoms with Gasteiger partial charge in [-0.05, 0) is 37.1 Å². The maximum Gasteiger partial charge on any atom is 0.311 e. The van der Waals surface area contributed by atoms with Crippen LogP contribution in [0.15, 0.2) is 24.3 Å². The number of carboxylic acids is 1. The molecule has 0 bridgehead atoms. The summed E-state index contributed by atoms with van der Waals surface area (Å²) in [6.45, 7) is 0.184. The number of halogens is 1. The van der Waals surface area contributed by atoms with Crippen LogP contribution >= 0.6 is 11.6 Å². The molecule has 4 nitrogen and oxygen atoms in total. The Morgan fingerprint density at radius 3 is 2.19 bits per heavy atom. The van der Waals surface area contributed by atoms with Crippen LogP contribution in [0, 0.1) is 5.41 Å². The third kappa shape index (κ3) is 3.97. The van der Waals surface area contributed by atoms with Gasteiger partial charge in [0.2, 0.25) is 0 Å². The van der Waals surface area contributed by atoms with E-state index in [1.165, 1.54) is 0 Å². The average Bonchev–Trinajstić information content (AvgIpc) is 2.72. The van der Waals surface area contributed by atoms with E-state index in [2.05, 4.69) is 5.32 Å². The van der Waals surface area contributed by atoms with Crippen LogP contribution in [0.25, 0.3) is 0 Å². The molecule has 1 amide bonds. The van der Waals surface area contributed by atoms with Gasteiger partial charge in [-0.1, -0.05) is 37.3 Å². The second-order valence-corrected chi connectivity index (χ2v) is 6.13. The molecular formula is C16H20ClNO3. The van der Waals surface area contributed by atoms with Gasteiger partial charge in [0.15, 0.2) is 0 Å². The number of rotatable bonds is 4. The predicted molar refractivity (Wildman–Crippen MR) is 81.6 cm³/mol. The summed E-state index contributed by atoms with van der Waals surface area (Å²) in [5.41, 5.74) is -0.327. The lowest BCUT2D eigenvalue weighted by molar-refractivity contribution is -0.149. The van der Waals surface area contributed by atoms with Crippen molar-refractivity contribution in [2.24, 2.45) is 5.41 Å². The molecule has 1 aliphatic rings. The fourth-order valence-electron chi connectivity index (χ4n) is 2.82. The molecule has 114 valence electrons. The zero-order valence-corrected chi connectivity index (χ0v) is 12.7. The van der Waals surface area contributed by atoms with Crippen LogP contribution in [0.1, 0.15) is 48.9 Å². The van der Waals surface area contributed by atoms with Crippen molar-refractivity contribution in [2.75, 3.05) is 6.54 Å². The fraction of sp³-hybridized carbons (Fsp3) is 0.500. The molecule has 0 unspecified atom stereocenters. The Morgan fingerprint density at radius 1 is 1.10 bits per heavy atom. The molecule has 1 aromatic carbocycles. The van der Waals surface area contributed by atoms with E-state index in [0.717, 1.165) is 25.7 Å². The number of carboxylic acid groups (broad SMARTS) is 1. The lowest BCUT2D eigenvalue weighted by Gasteiger charge is -2.28. The summed E-state index contributed by atoms with van der Waals surface area (Å²) in [6, 6.07) is 6.57. The van der Waals surface area contributed by atoms with Crippen LogP contribution < -0.4 is 5.32 Å². The molecule has 0 aromatic heterocycles. The highest BCUT2D eigenvalue weighted by Crippen LogP contribution is 2.34. The number of benzene rings is 1. The predicted octanol–water partition coefficient (Wildman–Crippen LogP) is 3.50. The third-order valence-corrected chi connectivity index (χ3v) is 4.46. The number of carbonyl (C=O) groups excluding carboxylic acids is 1. The number of aliphatic carboxylic acids is 1. The number of hydrogen-bond acceptors (Lipinski definition) is 2. The minimum absolute atomic E-state index is 0.184. The molecule has 1 fully saturated rings. The van der Waals surface area contributed by atoms with Gasteiger partial charge in [-0.25, -0.2) is 0 Å². The molecule has 5 heteroatoms. The van der Waals surface area contributed by atoms with Crippen molar-refractivity contribution in [2.45, 2.75) is 38.5 Å². The molecule has 1 aromatic rings. The molecule has 21 heavy (non-hydrogen) atoms. The Hall–Kier alpha value is -1.55. The van der Waals surface area contributed by atoms with Gasteiger partial charge >= 0.3 is 5.97 Å². The summed E-state index contributed by atoms with van der Waals surface area (Å²) in [5.74, 6) is -1.06. The van der Waals surface area contributed by atoms with Crippen molar-refractivity contribution in [1.29, 1.82) is 0 Å². The molecular weight excluding hydrogens is 290 g/mol. The van der Waals surface area contributed by atoms with Gasteiger partial charge < -0.3 is 10.4 Å². The van der Waals surface area contributed by atoms with E-state index in [9.17, 15) is 14.7 Å². The van der Waals surface area contributed by atoms with Gasteiger partial charge in [0.05, 0.1) is 5.41 Å². The van der Waals surface area contributed by atoms with E-state index in [4.69, 9.17) is 11.6 Å². The third-order valence-electron chi connectivity index (χ3n) is 4.21. The lowest BCUT2D eigenvalue weighted by atomic mass is 9.80. The minimum atomic E-state index is -0.821. The van der Waals surface area contributed by atoms with Crippen LogP contribution in [-0.2, 0) is 4.79 Å². The van der Waals surface area contributed by atoms with E-state index >= 15 is 0 Å². The van der Waals surface area contributed by atoms with Crippen LogP contribution in [0.4, 0.5) is 0 Å². The van der Waals surface area contributed by atoms with Gasteiger partial charge in [-0.3, -0.25) is 9.59 Å². The standard InChI is InChI=1S/C16H20ClNO3/c17-13-7-5-12(6-8-13)14(19)18-11-16(15(20)21)9-3-1-2-4-10-16/h5-8H,1-4,9-11H2,(H,18,19)(H,20,21). The SMILES string of the molecule is O=C(NCC1(C(=O)O)CCCCCC1)c1ccc(Cl)cc1. The summed E-state index contributed by atoms with van der Waals surface area (Å²) in [7, 11) is 0. The second-order valence-electron chi connectivity index (χ2n) is 5.69. The van der Waals surface area contributed by atoms with Gasteiger partial charge in [0.25, 0.3) is 5.91 Å². The Bertz CT molecular complexity index is 505. The summed E-state index contributed by atoms with van der Waals surface area (Å²) in [6.07, 6.45) is 5.21. The molecule has 0 spiro atoms. The highest BCUT2D eigenvalue weighted by molar-refractivity contribution is 6.30. The Labute approximate surface area is 129 Å². The molecule has 0 saturated heterocycles. The molecule has 0 radical (unpaired) electrons. The van der Waals surface area contributed by atoms with E-state index in [-0.39, 0.29) is 12.5 Å². The summed E-state index contributed by atoms with van der Waals surface area (Å²) >= 11 is 5.79. The maximum absolute atomic E-state index is 12.1. The van der Waals surface area contributed by atoms with Crippen molar-refractivity contribution in [1.82, 2.24) is 5.32 Å². The van der Waals surface area contributed by atoms with Crippen molar-refractivity contribution in [3.8, 4) is 0 Å². The van der Waals surface area contributed by atoms with E-state index in [0.29, 0.717) is 23.4 Å². The van der Waals surface area contributed by atoms with Crippen molar-refractivity contribution in [3.05, 3.63) is 34.9 Å². The Balaban J connectivity index is 2.02. The zero-order valence-electron chi connectivity index (χ0n) is 11.9. The van der Waals surface area contributed by atoms with Gasteiger partial charge in [0.1, 0.15) is 0 Å². The summed E-state index contributed by atoms with van der Waals surface area (Å²) in [4.78, 5) is 23.8. The highest BCUT2D eigenvalue weighted by Gasteiger charge is 2.38. The maximum atomic E-state index is 12.1. The number of nitrogens with one attached hydrogen (secondary N) is 1. The Morgan fingerprint density at radius 2 is 1.67 bits per heavy atom. The molecule has 2 N–H and O–H groups in total. The summed E-state index contributed by atoms with van der Waals surface area (Å²) in [5, 5.41) is 12.9. The summed E-state index contributed by atoms with van der Waals surface area (Å²) < 4.78 is 0. The van der Waals surface area contributed by atoms with Crippen LogP contribution in [0.2, 0.25) is 5.02 Å². The molecule has 2 rings (SSSR count). The van der Waals surface area contributed by atoms with Crippen LogP contribution in [0.5, 0.6) is 0 Å². The first-order valence-electron chi connectivity index (χ1n) is 7.31. The normalized spacial score (nSPS) is 17.8. The van der Waals surface area contributed by atoms with Gasteiger partial charge in [0, 0.05) is 17.1 Å². The highest BCUT2D eigenvalue weighted by atomic mass is 35.5. The van der Waals surface area contributed by atoms with Crippen molar-refractivity contribution >= 4 is 23.5 Å². The lowest BCUT2D eigenvalue weighted by Crippen LogP contribution is -2.42. The van der Waals surface area contributed by atoms with Crippen LogP contribution in [0.3, 0.4) is 0 Å². The van der Waals surface area contributed by atoms with Gasteiger partial charge in [-0.2, -0.15) is 0 Å². The topological polar surface area (TPSA) is 66.4 Å². The van der Waals surface area contributed by atoms with Crippen molar-refractivity contribution < 1.29 is 14.7 Å². The monoisotopic (exact) mass is 309 g/mol. The van der Waals surface area contributed by atoms with Crippen molar-refractivity contribution in [3.63, 3.8) is 0 Å². The average molecular weight is 310 g/mol. The van der Waals surface area contributed by atoms with Crippen LogP contribution in [-0.4, -0.2) is 23.5 Å². The van der Waals surface area contributed by atoms with Gasteiger partial charge in [-0.15, -0.1) is 0 Å². The first kappa shape index (κ1) is 15.8.